The molecule has 0 atom stereocenters. The highest BCUT2D eigenvalue weighted by Crippen LogP contribution is 2.29. The molecule has 0 unspecified atom stereocenters. The molecule has 1 nitrogen and oxygen atoms in total. The Bertz CT molecular complexity index is 438. The first kappa shape index (κ1) is 15.9. The second-order valence-corrected chi connectivity index (χ2v) is 9.08. The summed E-state index contributed by atoms with van der Waals surface area (Å²) in [4.78, 5) is 10.6. The van der Waals surface area contributed by atoms with Gasteiger partial charge in [-0.2, -0.15) is 0 Å². The minimum Gasteiger partial charge on any atom is -0.428 e. The van der Waals surface area contributed by atoms with E-state index in [-0.39, 0.29) is 0 Å². The van der Waals surface area contributed by atoms with Crippen LogP contribution in [0.4, 0.5) is 0 Å². The van der Waals surface area contributed by atoms with Crippen LogP contribution < -0.4 is 0 Å². The Balaban J connectivity index is 3.34. The van der Waals surface area contributed by atoms with Crippen LogP contribution in [0.25, 0.3) is 5.57 Å². The molecule has 104 valence electrons. The van der Waals surface area contributed by atoms with Crippen LogP contribution in [0, 0.1) is 0 Å². The summed E-state index contributed by atoms with van der Waals surface area (Å²) in [5.74, 6) is 0. The van der Waals surface area contributed by atoms with Gasteiger partial charge in [0.1, 0.15) is 0 Å². The monoisotopic (exact) mass is 274 g/mol. The van der Waals surface area contributed by atoms with Gasteiger partial charge in [0.25, 0.3) is 0 Å². The van der Waals surface area contributed by atoms with Gasteiger partial charge in [0.05, 0.1) is 0 Å². The fourth-order valence-corrected chi connectivity index (χ4v) is 3.85. The quantitative estimate of drug-likeness (QED) is 0.575. The first-order valence-electron chi connectivity index (χ1n) is 7.14. The lowest BCUT2D eigenvalue weighted by Gasteiger charge is -2.22. The van der Waals surface area contributed by atoms with E-state index in [0.717, 1.165) is 18.0 Å². The highest BCUT2D eigenvalue weighted by Gasteiger charge is 2.24. The van der Waals surface area contributed by atoms with Crippen molar-refractivity contribution in [2.75, 3.05) is 0 Å². The largest absolute Gasteiger partial charge is 0.428 e. The van der Waals surface area contributed by atoms with Crippen LogP contribution in [0.5, 0.6) is 0 Å². The molecule has 0 aliphatic heterocycles. The van der Waals surface area contributed by atoms with Crippen molar-refractivity contribution in [3.63, 3.8) is 0 Å². The van der Waals surface area contributed by atoms with Crippen LogP contribution in [0.1, 0.15) is 38.7 Å². The maximum absolute atomic E-state index is 10.6. The molecule has 0 spiro atoms. The van der Waals surface area contributed by atoms with E-state index in [0.29, 0.717) is 0 Å². The number of rotatable bonds is 6. The predicted molar refractivity (Wildman–Crippen MR) is 87.4 cm³/mol. The molecule has 1 rings (SSSR count). The van der Waals surface area contributed by atoms with Gasteiger partial charge in [-0.15, -0.1) is 0 Å². The lowest BCUT2D eigenvalue weighted by molar-refractivity contribution is 0.563. The molecular weight excluding hydrogens is 248 g/mol. The van der Waals surface area contributed by atoms with Crippen LogP contribution in [0.3, 0.4) is 0 Å². The fourth-order valence-electron chi connectivity index (χ4n) is 2.27. The van der Waals surface area contributed by atoms with E-state index in [1.54, 1.807) is 0 Å². The van der Waals surface area contributed by atoms with Crippen molar-refractivity contribution in [1.82, 2.24) is 0 Å². The summed E-state index contributed by atoms with van der Waals surface area (Å²) in [7, 11) is -2.31. The van der Waals surface area contributed by atoms with E-state index in [1.165, 1.54) is 17.6 Å². The Kier molecular flexibility index (Phi) is 6.26. The number of allylic oxidation sites excluding steroid dienone is 4. The summed E-state index contributed by atoms with van der Waals surface area (Å²) >= 11 is 0. The number of unbranched alkanes of at least 4 members (excludes halogenated alkanes) is 1. The molecule has 0 aliphatic rings. The summed E-state index contributed by atoms with van der Waals surface area (Å²) < 4.78 is 0. The molecule has 1 aromatic rings. The smallest absolute Gasteiger partial charge is 0.214 e. The Morgan fingerprint density at radius 2 is 1.84 bits per heavy atom. The van der Waals surface area contributed by atoms with Crippen LogP contribution in [0.15, 0.2) is 47.7 Å². The summed E-state index contributed by atoms with van der Waals surface area (Å²) in [5.41, 5.74) is 2.57. The predicted octanol–water partition coefficient (Wildman–Crippen LogP) is 4.94. The molecule has 0 saturated heterocycles. The van der Waals surface area contributed by atoms with E-state index in [2.05, 4.69) is 37.3 Å². The lowest BCUT2D eigenvalue weighted by Crippen LogP contribution is -2.29. The van der Waals surface area contributed by atoms with Crippen LogP contribution in [-0.4, -0.2) is 13.1 Å². The summed E-state index contributed by atoms with van der Waals surface area (Å²) in [6, 6.07) is 10.5. The Morgan fingerprint density at radius 3 is 2.32 bits per heavy atom. The third-order valence-corrected chi connectivity index (χ3v) is 5.01. The van der Waals surface area contributed by atoms with Gasteiger partial charge >= 0.3 is 0 Å². The Labute approximate surface area is 118 Å². The van der Waals surface area contributed by atoms with E-state index >= 15 is 0 Å². The molecule has 19 heavy (non-hydrogen) atoms. The molecule has 0 aromatic heterocycles. The molecule has 0 bridgehead atoms. The summed E-state index contributed by atoms with van der Waals surface area (Å²) in [5, 5.41) is 1.16. The standard InChI is InChI=1S/C17H26OSi/c1-5-7-14-16(15-12-9-8-10-13-15)17(11-6-2)19(3,4)18/h6,8-13,18H,5,7,14H2,1-4H3/b11-6-,17-16-. The minimum atomic E-state index is -2.31. The molecule has 0 heterocycles. The molecule has 0 fully saturated rings. The highest BCUT2D eigenvalue weighted by atomic mass is 28.4. The Morgan fingerprint density at radius 1 is 1.21 bits per heavy atom. The van der Waals surface area contributed by atoms with Gasteiger partial charge in [-0.1, -0.05) is 55.8 Å². The van der Waals surface area contributed by atoms with Crippen molar-refractivity contribution in [2.24, 2.45) is 0 Å². The number of hydrogen-bond donors (Lipinski definition) is 1. The molecule has 0 amide bonds. The highest BCUT2D eigenvalue weighted by molar-refractivity contribution is 6.79. The van der Waals surface area contributed by atoms with Crippen LogP contribution >= 0.6 is 0 Å². The van der Waals surface area contributed by atoms with Gasteiger partial charge in [0.15, 0.2) is 0 Å². The SMILES string of the molecule is C/C=C\C(=C(/CCCC)c1ccccc1)[Si](C)(C)O. The van der Waals surface area contributed by atoms with Crippen LogP contribution in [-0.2, 0) is 0 Å². The maximum atomic E-state index is 10.6. The van der Waals surface area contributed by atoms with Crippen molar-refractivity contribution < 1.29 is 4.80 Å². The van der Waals surface area contributed by atoms with Gasteiger partial charge in [-0.3, -0.25) is 0 Å². The zero-order valence-electron chi connectivity index (χ0n) is 12.6. The summed E-state index contributed by atoms with van der Waals surface area (Å²) in [6.07, 6.45) is 7.51. The van der Waals surface area contributed by atoms with Gasteiger partial charge in [-0.25, -0.2) is 0 Å². The zero-order chi connectivity index (χ0) is 14.3. The van der Waals surface area contributed by atoms with Crippen molar-refractivity contribution in [2.45, 2.75) is 46.2 Å². The van der Waals surface area contributed by atoms with Crippen molar-refractivity contribution >= 4 is 13.9 Å². The molecule has 0 radical (unpaired) electrons. The van der Waals surface area contributed by atoms with Crippen molar-refractivity contribution in [3.8, 4) is 0 Å². The maximum Gasteiger partial charge on any atom is 0.214 e. The summed E-state index contributed by atoms with van der Waals surface area (Å²) in [6.45, 7) is 8.22. The fraction of sp³-hybridized carbons (Fsp3) is 0.412. The lowest BCUT2D eigenvalue weighted by atomic mass is 9.99. The van der Waals surface area contributed by atoms with Gasteiger partial charge in [0.2, 0.25) is 8.32 Å². The molecule has 2 heteroatoms. The Hall–Kier alpha value is -1.12. The van der Waals surface area contributed by atoms with Gasteiger partial charge in [-0.05, 0) is 49.2 Å². The van der Waals surface area contributed by atoms with E-state index in [4.69, 9.17) is 0 Å². The van der Waals surface area contributed by atoms with Gasteiger partial charge < -0.3 is 4.80 Å². The average Bonchev–Trinajstić information content (AvgIpc) is 2.38. The molecule has 0 saturated carbocycles. The second kappa shape index (κ2) is 7.46. The molecular formula is C17H26OSi. The van der Waals surface area contributed by atoms with Crippen molar-refractivity contribution in [1.29, 1.82) is 0 Å². The minimum absolute atomic E-state index is 1.04. The number of benzene rings is 1. The first-order valence-corrected chi connectivity index (χ1v) is 10.1. The normalized spacial score (nSPS) is 13.7. The molecule has 0 aliphatic carbocycles. The second-order valence-electron chi connectivity index (χ2n) is 5.42. The topological polar surface area (TPSA) is 20.2 Å². The van der Waals surface area contributed by atoms with Gasteiger partial charge in [0, 0.05) is 0 Å². The van der Waals surface area contributed by atoms with Crippen LogP contribution in [0.2, 0.25) is 13.1 Å². The van der Waals surface area contributed by atoms with E-state index < -0.39 is 8.32 Å². The average molecular weight is 274 g/mol. The van der Waals surface area contributed by atoms with E-state index in [9.17, 15) is 4.80 Å². The zero-order valence-corrected chi connectivity index (χ0v) is 13.6. The third-order valence-electron chi connectivity index (χ3n) is 3.22. The van der Waals surface area contributed by atoms with E-state index in [1.807, 2.05) is 32.2 Å². The number of hydrogen-bond acceptors (Lipinski definition) is 1. The van der Waals surface area contributed by atoms with Crippen molar-refractivity contribution in [3.05, 3.63) is 53.2 Å². The first-order chi connectivity index (χ1) is 9.00. The third kappa shape index (κ3) is 4.81. The molecule has 1 aromatic carbocycles. The molecule has 1 N–H and O–H groups in total.